The number of carbonyl (C=O) groups is 1. The van der Waals surface area contributed by atoms with Gasteiger partial charge in [0.1, 0.15) is 6.04 Å². The molecule has 0 spiro atoms. The van der Waals surface area contributed by atoms with E-state index in [0.717, 1.165) is 27.3 Å². The van der Waals surface area contributed by atoms with E-state index in [9.17, 15) is 21.6 Å². The number of carbonyl (C=O) groups excluding carboxylic acids is 1. The van der Waals surface area contributed by atoms with E-state index in [2.05, 4.69) is 10.0 Å². The molecular formula is C25H29N3O5S2. The molecule has 0 fully saturated rings. The fraction of sp³-hybridized carbons (Fsp3) is 0.240. The number of hydrogen-bond acceptors (Lipinski definition) is 5. The van der Waals surface area contributed by atoms with E-state index in [1.807, 2.05) is 19.9 Å². The Bertz CT molecular complexity index is 1450. The van der Waals surface area contributed by atoms with Gasteiger partial charge in [0.25, 0.3) is 10.0 Å². The normalized spacial score (nSPS) is 12.6. The summed E-state index contributed by atoms with van der Waals surface area (Å²) in [5, 5.41) is 2.67. The second-order valence-corrected chi connectivity index (χ2v) is 12.0. The molecule has 0 saturated carbocycles. The van der Waals surface area contributed by atoms with Gasteiger partial charge in [-0.2, -0.15) is 0 Å². The molecule has 0 radical (unpaired) electrons. The molecule has 1 unspecified atom stereocenters. The summed E-state index contributed by atoms with van der Waals surface area (Å²) in [6.45, 7) is 7.08. The van der Waals surface area contributed by atoms with Gasteiger partial charge in [-0.05, 0) is 86.8 Å². The average molecular weight is 516 g/mol. The SMILES string of the molecule is Cc1ccc(N(C(C)C(=O)Nc2ccc(S(=O)(=O)Nc3ccccc3C)cc2)S(C)(=O)=O)cc1C. The fourth-order valence-corrected chi connectivity index (χ4v) is 5.82. The van der Waals surface area contributed by atoms with Crippen molar-refractivity contribution in [2.45, 2.75) is 38.6 Å². The summed E-state index contributed by atoms with van der Waals surface area (Å²) in [6, 6.07) is 16.8. The fourth-order valence-electron chi connectivity index (χ4n) is 3.53. The highest BCUT2D eigenvalue weighted by atomic mass is 32.2. The van der Waals surface area contributed by atoms with E-state index in [-0.39, 0.29) is 4.90 Å². The van der Waals surface area contributed by atoms with Crippen LogP contribution >= 0.6 is 0 Å². The highest BCUT2D eigenvalue weighted by molar-refractivity contribution is 7.92. The standard InChI is InChI=1S/C25H29N3O5S2/c1-17-10-13-22(16-19(17)3)28(34(5,30)31)20(4)25(29)26-21-11-14-23(15-12-21)35(32,33)27-24-9-7-6-8-18(24)2/h6-16,20,27H,1-5H3,(H,26,29). The molecule has 8 nitrogen and oxygen atoms in total. The van der Waals surface area contributed by atoms with Crippen molar-refractivity contribution < 1.29 is 21.6 Å². The van der Waals surface area contributed by atoms with Crippen LogP contribution in [0, 0.1) is 20.8 Å². The maximum absolute atomic E-state index is 12.9. The molecule has 0 heterocycles. The first-order valence-electron chi connectivity index (χ1n) is 10.9. The Morgan fingerprint density at radius 2 is 1.46 bits per heavy atom. The largest absolute Gasteiger partial charge is 0.324 e. The molecule has 1 atom stereocenters. The number of hydrogen-bond donors (Lipinski definition) is 2. The van der Waals surface area contributed by atoms with Gasteiger partial charge in [0.2, 0.25) is 15.9 Å². The monoisotopic (exact) mass is 515 g/mol. The van der Waals surface area contributed by atoms with E-state index < -0.39 is 32.0 Å². The minimum atomic E-state index is -3.82. The van der Waals surface area contributed by atoms with Crippen molar-refractivity contribution >= 4 is 43.0 Å². The summed E-state index contributed by atoms with van der Waals surface area (Å²) in [5.41, 5.74) is 3.90. The van der Waals surface area contributed by atoms with Gasteiger partial charge in [0.15, 0.2) is 0 Å². The summed E-state index contributed by atoms with van der Waals surface area (Å²) < 4.78 is 54.1. The maximum atomic E-state index is 12.9. The van der Waals surface area contributed by atoms with E-state index in [0.29, 0.717) is 17.1 Å². The van der Waals surface area contributed by atoms with Gasteiger partial charge in [0, 0.05) is 5.69 Å². The third kappa shape index (κ3) is 6.20. The molecule has 0 aliphatic carbocycles. The van der Waals surface area contributed by atoms with E-state index in [1.54, 1.807) is 43.3 Å². The van der Waals surface area contributed by atoms with Gasteiger partial charge in [-0.1, -0.05) is 24.3 Å². The third-order valence-electron chi connectivity index (χ3n) is 5.66. The summed E-state index contributed by atoms with van der Waals surface area (Å²) in [4.78, 5) is 13.0. The van der Waals surface area contributed by atoms with Crippen molar-refractivity contribution in [3.05, 3.63) is 83.4 Å². The number of nitrogens with zero attached hydrogens (tertiary/aromatic N) is 1. The number of benzene rings is 3. The number of sulfonamides is 2. The molecule has 3 aromatic rings. The average Bonchev–Trinajstić information content (AvgIpc) is 2.77. The van der Waals surface area contributed by atoms with Crippen LogP contribution in [0.4, 0.5) is 17.1 Å². The second kappa shape index (κ2) is 10.1. The molecule has 10 heteroatoms. The van der Waals surface area contributed by atoms with Crippen molar-refractivity contribution in [3.8, 4) is 0 Å². The lowest BCUT2D eigenvalue weighted by Gasteiger charge is -2.28. The van der Waals surface area contributed by atoms with Crippen LogP contribution in [0.25, 0.3) is 0 Å². The Labute approximate surface area is 207 Å². The maximum Gasteiger partial charge on any atom is 0.261 e. The summed E-state index contributed by atoms with van der Waals surface area (Å²) in [6.07, 6.45) is 1.05. The van der Waals surface area contributed by atoms with Crippen LogP contribution in [0.1, 0.15) is 23.6 Å². The zero-order valence-electron chi connectivity index (χ0n) is 20.2. The molecule has 3 aromatic carbocycles. The smallest absolute Gasteiger partial charge is 0.261 e. The van der Waals surface area contributed by atoms with Crippen molar-refractivity contribution in [2.24, 2.45) is 0 Å². The predicted molar refractivity (Wildman–Crippen MR) is 140 cm³/mol. The van der Waals surface area contributed by atoms with Crippen LogP contribution < -0.4 is 14.3 Å². The first-order valence-corrected chi connectivity index (χ1v) is 14.2. The van der Waals surface area contributed by atoms with Crippen molar-refractivity contribution in [3.63, 3.8) is 0 Å². The molecule has 2 N–H and O–H groups in total. The number of anilines is 3. The van der Waals surface area contributed by atoms with Crippen LogP contribution in [-0.4, -0.2) is 35.0 Å². The van der Waals surface area contributed by atoms with E-state index in [4.69, 9.17) is 0 Å². The van der Waals surface area contributed by atoms with Crippen LogP contribution in [0.5, 0.6) is 0 Å². The molecule has 0 aliphatic rings. The molecule has 0 bridgehead atoms. The third-order valence-corrected chi connectivity index (χ3v) is 8.28. The highest BCUT2D eigenvalue weighted by Gasteiger charge is 2.29. The molecule has 0 aliphatic heterocycles. The topological polar surface area (TPSA) is 113 Å². The Hall–Kier alpha value is -3.37. The summed E-state index contributed by atoms with van der Waals surface area (Å²) >= 11 is 0. The van der Waals surface area contributed by atoms with Crippen LogP contribution in [0.15, 0.2) is 71.6 Å². The minimum absolute atomic E-state index is 0.0275. The van der Waals surface area contributed by atoms with Crippen LogP contribution in [0.2, 0.25) is 0 Å². The van der Waals surface area contributed by atoms with Crippen LogP contribution in [-0.2, 0) is 24.8 Å². The number of nitrogens with one attached hydrogen (secondary N) is 2. The quantitative estimate of drug-likeness (QED) is 0.467. The van der Waals surface area contributed by atoms with E-state index in [1.165, 1.54) is 31.2 Å². The van der Waals surface area contributed by atoms with Crippen molar-refractivity contribution in [2.75, 3.05) is 20.6 Å². The molecule has 0 saturated heterocycles. The summed E-state index contributed by atoms with van der Waals surface area (Å²) in [7, 11) is -7.58. The van der Waals surface area contributed by atoms with Gasteiger partial charge in [-0.25, -0.2) is 16.8 Å². The molecular weight excluding hydrogens is 486 g/mol. The number of para-hydroxylation sites is 1. The van der Waals surface area contributed by atoms with Crippen molar-refractivity contribution in [1.82, 2.24) is 0 Å². The number of rotatable bonds is 8. The van der Waals surface area contributed by atoms with Gasteiger partial charge in [0.05, 0.1) is 22.5 Å². The van der Waals surface area contributed by atoms with Gasteiger partial charge < -0.3 is 5.32 Å². The van der Waals surface area contributed by atoms with Crippen molar-refractivity contribution in [1.29, 1.82) is 0 Å². The van der Waals surface area contributed by atoms with Gasteiger partial charge in [-0.15, -0.1) is 0 Å². The molecule has 186 valence electrons. The molecule has 0 aromatic heterocycles. The lowest BCUT2D eigenvalue weighted by molar-refractivity contribution is -0.116. The Morgan fingerprint density at radius 3 is 2.03 bits per heavy atom. The minimum Gasteiger partial charge on any atom is -0.324 e. The molecule has 35 heavy (non-hydrogen) atoms. The number of aryl methyl sites for hydroxylation is 3. The Kier molecular flexibility index (Phi) is 7.56. The highest BCUT2D eigenvalue weighted by Crippen LogP contribution is 2.25. The lowest BCUT2D eigenvalue weighted by atomic mass is 10.1. The molecule has 3 rings (SSSR count). The first-order chi connectivity index (χ1) is 16.3. The van der Waals surface area contributed by atoms with E-state index >= 15 is 0 Å². The van der Waals surface area contributed by atoms with Crippen LogP contribution in [0.3, 0.4) is 0 Å². The zero-order valence-corrected chi connectivity index (χ0v) is 21.9. The predicted octanol–water partition coefficient (Wildman–Crippen LogP) is 4.21. The lowest BCUT2D eigenvalue weighted by Crippen LogP contribution is -2.45. The van der Waals surface area contributed by atoms with Gasteiger partial charge in [-0.3, -0.25) is 13.8 Å². The Balaban J connectivity index is 1.78. The summed E-state index contributed by atoms with van der Waals surface area (Å²) in [5.74, 6) is -0.553. The van der Waals surface area contributed by atoms with Gasteiger partial charge >= 0.3 is 0 Å². The second-order valence-electron chi connectivity index (χ2n) is 8.44. The first kappa shape index (κ1) is 26.2. The zero-order chi connectivity index (χ0) is 26.0. The number of amides is 1. The Morgan fingerprint density at radius 1 is 0.829 bits per heavy atom. The molecule has 1 amide bonds.